The fourth-order valence-corrected chi connectivity index (χ4v) is 5.92. The number of hydrogen-bond donors (Lipinski definition) is 2. The smallest absolute Gasteiger partial charge is 0.255 e. The summed E-state index contributed by atoms with van der Waals surface area (Å²) in [6, 6.07) is 24.5. The van der Waals surface area contributed by atoms with E-state index >= 15 is 0 Å². The van der Waals surface area contributed by atoms with Crippen molar-refractivity contribution in [1.82, 2.24) is 4.90 Å². The van der Waals surface area contributed by atoms with Crippen molar-refractivity contribution < 1.29 is 9.90 Å². The lowest BCUT2D eigenvalue weighted by Crippen LogP contribution is -2.51. The Kier molecular flexibility index (Phi) is 6.81. The number of amides is 1. The van der Waals surface area contributed by atoms with E-state index in [1.54, 1.807) is 0 Å². The van der Waals surface area contributed by atoms with Gasteiger partial charge in [-0.3, -0.25) is 9.69 Å². The van der Waals surface area contributed by atoms with Gasteiger partial charge < -0.3 is 10.4 Å². The van der Waals surface area contributed by atoms with E-state index in [0.717, 1.165) is 52.7 Å². The number of likely N-dealkylation sites (tertiary alicyclic amines) is 1. The van der Waals surface area contributed by atoms with Gasteiger partial charge in [-0.1, -0.05) is 48.5 Å². The minimum atomic E-state index is -0.382. The molecule has 3 aromatic carbocycles. The predicted molar refractivity (Wildman–Crippen MR) is 141 cm³/mol. The van der Waals surface area contributed by atoms with Gasteiger partial charge in [0.05, 0.1) is 6.10 Å². The number of piperidine rings is 1. The Balaban J connectivity index is 1.30. The number of nitrogens with one attached hydrogen (secondary N) is 1. The van der Waals surface area contributed by atoms with Crippen LogP contribution in [-0.4, -0.2) is 41.1 Å². The maximum Gasteiger partial charge on any atom is 0.255 e. The predicted octanol–water partition coefficient (Wildman–Crippen LogP) is 5.25. The number of fused-ring (bicyclic) bond motifs is 1. The lowest BCUT2D eigenvalue weighted by molar-refractivity contribution is 0.0296. The van der Waals surface area contributed by atoms with Gasteiger partial charge in [0.15, 0.2) is 0 Å². The van der Waals surface area contributed by atoms with Crippen LogP contribution >= 0.6 is 22.6 Å². The minimum Gasteiger partial charge on any atom is -0.391 e. The van der Waals surface area contributed by atoms with Crippen molar-refractivity contribution in [2.45, 2.75) is 43.7 Å². The zero-order valence-electron chi connectivity index (χ0n) is 18.6. The van der Waals surface area contributed by atoms with Crippen LogP contribution in [0.1, 0.15) is 45.8 Å². The van der Waals surface area contributed by atoms with E-state index in [9.17, 15) is 9.90 Å². The monoisotopic (exact) mass is 552 g/mol. The highest BCUT2D eigenvalue weighted by atomic mass is 127. The third-order valence-corrected chi connectivity index (χ3v) is 7.84. The molecule has 33 heavy (non-hydrogen) atoms. The second kappa shape index (κ2) is 9.95. The number of halogens is 1. The standard InChI is InChI=1S/C28H29IN2O2/c29-23-10-4-9-22(16-23)28(33)30-25-11-5-8-21-17-27(32)26(18-24(21)25)31-14-12-20(13-15-31)19-6-2-1-3-7-19/h1-11,16,20,26-27,32H,12-15,17-18H2,(H,30,33)/t26-,27-/m1/s1. The van der Waals surface area contributed by atoms with Crippen molar-refractivity contribution >= 4 is 34.2 Å². The fraction of sp³-hybridized carbons (Fsp3) is 0.321. The van der Waals surface area contributed by atoms with E-state index in [4.69, 9.17) is 0 Å². The second-order valence-electron chi connectivity index (χ2n) is 9.17. The number of carbonyl (C=O) groups excluding carboxylic acids is 1. The van der Waals surface area contributed by atoms with Crippen LogP contribution < -0.4 is 5.32 Å². The van der Waals surface area contributed by atoms with Crippen molar-refractivity contribution in [1.29, 1.82) is 0 Å². The molecule has 0 bridgehead atoms. The highest BCUT2D eigenvalue weighted by Gasteiger charge is 2.35. The molecule has 2 atom stereocenters. The van der Waals surface area contributed by atoms with E-state index in [-0.39, 0.29) is 18.1 Å². The number of benzene rings is 3. The van der Waals surface area contributed by atoms with Crippen LogP contribution in [0.25, 0.3) is 0 Å². The van der Waals surface area contributed by atoms with E-state index in [1.807, 2.05) is 36.4 Å². The van der Waals surface area contributed by atoms with Gasteiger partial charge in [0.25, 0.3) is 5.91 Å². The maximum atomic E-state index is 12.9. The Morgan fingerprint density at radius 2 is 1.70 bits per heavy atom. The van der Waals surface area contributed by atoms with Gasteiger partial charge in [-0.2, -0.15) is 0 Å². The van der Waals surface area contributed by atoms with E-state index < -0.39 is 0 Å². The molecule has 0 spiro atoms. The molecule has 1 aliphatic carbocycles. The summed E-state index contributed by atoms with van der Waals surface area (Å²) in [7, 11) is 0. The summed E-state index contributed by atoms with van der Waals surface area (Å²) in [5, 5.41) is 14.1. The molecule has 170 valence electrons. The van der Waals surface area contributed by atoms with Crippen LogP contribution in [0.15, 0.2) is 72.8 Å². The first kappa shape index (κ1) is 22.6. The van der Waals surface area contributed by atoms with Crippen molar-refractivity contribution in [2.75, 3.05) is 18.4 Å². The molecule has 4 nitrogen and oxygen atoms in total. The van der Waals surface area contributed by atoms with Gasteiger partial charge in [-0.15, -0.1) is 0 Å². The molecule has 2 aliphatic rings. The highest BCUT2D eigenvalue weighted by molar-refractivity contribution is 14.1. The summed E-state index contributed by atoms with van der Waals surface area (Å²) >= 11 is 2.23. The van der Waals surface area contributed by atoms with E-state index in [1.165, 1.54) is 5.56 Å². The van der Waals surface area contributed by atoms with Crippen LogP contribution in [0.4, 0.5) is 5.69 Å². The maximum absolute atomic E-state index is 12.9. The number of rotatable bonds is 4. The summed E-state index contributed by atoms with van der Waals surface area (Å²) in [5.74, 6) is 0.507. The normalized spacial score (nSPS) is 21.4. The van der Waals surface area contributed by atoms with Gasteiger partial charge in [-0.05, 0) is 102 Å². The fourth-order valence-electron chi connectivity index (χ4n) is 5.38. The first-order valence-corrected chi connectivity index (χ1v) is 12.8. The molecular formula is C28H29IN2O2. The number of hydrogen-bond acceptors (Lipinski definition) is 3. The Labute approximate surface area is 209 Å². The van der Waals surface area contributed by atoms with Gasteiger partial charge >= 0.3 is 0 Å². The Morgan fingerprint density at radius 3 is 2.45 bits per heavy atom. The molecule has 1 amide bonds. The average molecular weight is 552 g/mol. The third-order valence-electron chi connectivity index (χ3n) is 7.16. The lowest BCUT2D eigenvalue weighted by Gasteiger charge is -2.42. The molecule has 3 aromatic rings. The molecule has 2 N–H and O–H groups in total. The summed E-state index contributed by atoms with van der Waals surface area (Å²) in [5.41, 5.74) is 5.25. The van der Waals surface area contributed by atoms with Crippen LogP contribution in [-0.2, 0) is 12.8 Å². The SMILES string of the molecule is O=C(Nc1cccc2c1C[C@@H](N1CCC(c3ccccc3)CC1)[C@H](O)C2)c1cccc(I)c1. The number of carbonyl (C=O) groups is 1. The number of aliphatic hydroxyl groups excluding tert-OH is 1. The third kappa shape index (κ3) is 5.00. The number of aliphatic hydroxyl groups is 1. The van der Waals surface area contributed by atoms with E-state index in [0.29, 0.717) is 17.9 Å². The summed E-state index contributed by atoms with van der Waals surface area (Å²) in [4.78, 5) is 15.4. The number of anilines is 1. The quantitative estimate of drug-likeness (QED) is 0.435. The molecule has 1 saturated heterocycles. The first-order chi connectivity index (χ1) is 16.1. The summed E-state index contributed by atoms with van der Waals surface area (Å²) < 4.78 is 1.04. The van der Waals surface area contributed by atoms with Crippen molar-refractivity contribution in [2.24, 2.45) is 0 Å². The van der Waals surface area contributed by atoms with E-state index in [2.05, 4.69) is 69.2 Å². The van der Waals surface area contributed by atoms with Gasteiger partial charge in [0.1, 0.15) is 0 Å². The number of nitrogens with zero attached hydrogens (tertiary/aromatic N) is 1. The second-order valence-corrected chi connectivity index (χ2v) is 10.4. The summed E-state index contributed by atoms with van der Waals surface area (Å²) in [6.45, 7) is 1.99. The highest BCUT2D eigenvalue weighted by Crippen LogP contribution is 2.34. The van der Waals surface area contributed by atoms with Gasteiger partial charge in [0, 0.05) is 27.3 Å². The molecule has 1 aliphatic heterocycles. The Bertz CT molecular complexity index is 1130. The first-order valence-electron chi connectivity index (χ1n) is 11.7. The van der Waals surface area contributed by atoms with Crippen LogP contribution in [0.2, 0.25) is 0 Å². The Hall–Kier alpha value is -2.22. The van der Waals surface area contributed by atoms with Crippen LogP contribution in [0.5, 0.6) is 0 Å². The molecule has 0 saturated carbocycles. The molecular weight excluding hydrogens is 523 g/mol. The zero-order chi connectivity index (χ0) is 22.8. The van der Waals surface area contributed by atoms with Crippen LogP contribution in [0.3, 0.4) is 0 Å². The van der Waals surface area contributed by atoms with Gasteiger partial charge in [-0.25, -0.2) is 0 Å². The molecule has 1 heterocycles. The summed E-state index contributed by atoms with van der Waals surface area (Å²) in [6.07, 6.45) is 3.24. The largest absolute Gasteiger partial charge is 0.391 e. The molecule has 1 fully saturated rings. The average Bonchev–Trinajstić information content (AvgIpc) is 2.84. The Morgan fingerprint density at radius 1 is 0.939 bits per heavy atom. The minimum absolute atomic E-state index is 0.0879. The van der Waals surface area contributed by atoms with Crippen molar-refractivity contribution in [3.63, 3.8) is 0 Å². The van der Waals surface area contributed by atoms with Gasteiger partial charge in [0.2, 0.25) is 0 Å². The molecule has 5 heteroatoms. The van der Waals surface area contributed by atoms with Crippen molar-refractivity contribution in [3.05, 3.63) is 98.6 Å². The molecule has 5 rings (SSSR count). The molecule has 0 radical (unpaired) electrons. The van der Waals surface area contributed by atoms with Crippen molar-refractivity contribution in [3.8, 4) is 0 Å². The molecule has 0 unspecified atom stereocenters. The lowest BCUT2D eigenvalue weighted by atomic mass is 9.82. The zero-order valence-corrected chi connectivity index (χ0v) is 20.7. The van der Waals surface area contributed by atoms with Crippen LogP contribution in [0, 0.1) is 3.57 Å². The molecule has 0 aromatic heterocycles. The topological polar surface area (TPSA) is 52.6 Å².